The summed E-state index contributed by atoms with van der Waals surface area (Å²) in [6.07, 6.45) is 0. The zero-order valence-corrected chi connectivity index (χ0v) is 7.35. The molecule has 6 heteroatoms. The van der Waals surface area contributed by atoms with Crippen LogP contribution in [0.4, 0.5) is 0 Å². The van der Waals surface area contributed by atoms with Crippen LogP contribution in [0.15, 0.2) is 0 Å². The van der Waals surface area contributed by atoms with E-state index in [0.717, 1.165) is 0 Å². The van der Waals surface area contributed by atoms with Crippen LogP contribution < -0.4 is 29.6 Å². The Morgan fingerprint density at radius 1 is 1.50 bits per heavy atom. The van der Waals surface area contributed by atoms with Gasteiger partial charge in [0.25, 0.3) is 0 Å². The first kappa shape index (κ1) is 27.3. The Balaban J connectivity index is -0.00000000667. The predicted molar refractivity (Wildman–Crippen MR) is 22.4 cm³/mol. The molecule has 0 aliphatic heterocycles. The quantitative estimate of drug-likeness (QED) is 0.169. The Hall–Kier alpha value is 1.13. The van der Waals surface area contributed by atoms with Crippen molar-refractivity contribution in [2.24, 2.45) is 0 Å². The third-order valence-corrected chi connectivity index (χ3v) is 0. The molecule has 0 unspecified atom stereocenters. The summed E-state index contributed by atoms with van der Waals surface area (Å²) in [7, 11) is 0. The molecule has 6 heavy (non-hydrogen) atoms. The molecule has 0 aliphatic carbocycles. The predicted octanol–water partition coefficient (Wildman–Crippen LogP) is -2.08. The van der Waals surface area contributed by atoms with Crippen LogP contribution in [0.5, 0.6) is 0 Å². The van der Waals surface area contributed by atoms with Crippen LogP contribution in [0.3, 0.4) is 0 Å². The van der Waals surface area contributed by atoms with E-state index in [2.05, 4.69) is 0 Å². The molecule has 0 spiro atoms. The Morgan fingerprint density at radius 3 is 1.50 bits per heavy atom. The first-order chi connectivity index (χ1) is 1.41. The fourth-order valence-electron chi connectivity index (χ4n) is 0. The second-order valence-corrected chi connectivity index (χ2v) is 0.100. The fraction of sp³-hybridized carbons (Fsp3) is 0. The van der Waals surface area contributed by atoms with Crippen molar-refractivity contribution in [1.82, 2.24) is 0 Å². The van der Waals surface area contributed by atoms with Gasteiger partial charge in [-0.2, -0.15) is 0 Å². The largest absolute Gasteiger partial charge is 3.00 e. The van der Waals surface area contributed by atoms with Crippen LogP contribution in [-0.4, -0.2) is 17.4 Å². The Labute approximate surface area is 74.7 Å². The van der Waals surface area contributed by atoms with Crippen molar-refractivity contribution >= 4 is 29.8 Å². The maximum atomic E-state index is 6.86. The first-order valence-corrected chi connectivity index (χ1v) is 0.424. The van der Waals surface area contributed by atoms with Gasteiger partial charge in [0.15, 0.2) is 0 Å². The van der Waals surface area contributed by atoms with Crippen LogP contribution in [0.2, 0.25) is 0 Å². The van der Waals surface area contributed by atoms with Crippen molar-refractivity contribution < 1.29 is 29.6 Å². The molecule has 0 fully saturated rings. The molecule has 0 aliphatic rings. The van der Waals surface area contributed by atoms with Crippen molar-refractivity contribution in [3.8, 4) is 0 Å². The third kappa shape index (κ3) is 68.3. The summed E-state index contributed by atoms with van der Waals surface area (Å²) in [5.74, 6) is 0. The van der Waals surface area contributed by atoms with E-state index in [1.54, 1.807) is 4.91 Å². The molecule has 0 bridgehead atoms. The minimum atomic E-state index is 0. The summed E-state index contributed by atoms with van der Waals surface area (Å²) in [5.41, 5.74) is 12.2. The molecule has 0 radical (unpaired) electrons. The molecule has 24 valence electrons. The normalized spacial score (nSPS) is 1.33. The van der Waals surface area contributed by atoms with Gasteiger partial charge in [0, 0.05) is 0 Å². The molecular formula is H2AlClN3Na+4. The van der Waals surface area contributed by atoms with Crippen LogP contribution in [-0.2, 0) is 0 Å². The molecular weight excluding hydrogens is 127 g/mol. The van der Waals surface area contributed by atoms with Gasteiger partial charge in [0.05, 0.1) is 0 Å². The van der Waals surface area contributed by atoms with E-state index in [4.69, 9.17) is 11.1 Å². The molecule has 0 atom stereocenters. The van der Waals surface area contributed by atoms with E-state index in [9.17, 15) is 0 Å². The molecule has 1 N–H and O–H groups in total. The molecule has 0 aromatic heterocycles. The number of rotatable bonds is 0. The minimum absolute atomic E-state index is 0. The second-order valence-electron chi connectivity index (χ2n) is 0.100. The number of nitrogens with one attached hydrogen (secondary N) is 1. The maximum Gasteiger partial charge on any atom is 3.00 e. The summed E-state index contributed by atoms with van der Waals surface area (Å²) in [6.45, 7) is 0. The Bertz CT molecular complexity index is 31.8. The number of nitrogens with zero attached hydrogens (tertiary/aromatic N) is 2. The van der Waals surface area contributed by atoms with Crippen molar-refractivity contribution in [2.75, 3.05) is 0 Å². The maximum absolute atomic E-state index is 6.86. The smallest absolute Gasteiger partial charge is 0.147 e. The van der Waals surface area contributed by atoms with Crippen LogP contribution in [0.1, 0.15) is 0 Å². The summed E-state index contributed by atoms with van der Waals surface area (Å²) in [5, 5.41) is 0. The molecule has 0 rings (SSSR count). The zero-order valence-electron chi connectivity index (χ0n) is 3.38. The molecule has 0 aromatic carbocycles. The van der Waals surface area contributed by atoms with Gasteiger partial charge in [-0.1, -0.05) is 0 Å². The molecule has 0 saturated carbocycles. The van der Waals surface area contributed by atoms with Gasteiger partial charge in [-0.25, -0.2) is 0 Å². The average molecular weight is 129 g/mol. The van der Waals surface area contributed by atoms with Gasteiger partial charge in [-0.3, -0.25) is 0 Å². The van der Waals surface area contributed by atoms with Crippen molar-refractivity contribution in [3.05, 3.63) is 10.4 Å². The monoisotopic (exact) mass is 129 g/mol. The summed E-state index contributed by atoms with van der Waals surface area (Å²) < 4.78 is 0. The summed E-state index contributed by atoms with van der Waals surface area (Å²) >= 11 is 0. The fourth-order valence-corrected chi connectivity index (χ4v) is 0. The number of halogens is 1. The Morgan fingerprint density at radius 2 is 1.50 bits per heavy atom. The zero-order chi connectivity index (χ0) is 2.71. The van der Waals surface area contributed by atoms with E-state index in [1.165, 1.54) is 0 Å². The van der Waals surface area contributed by atoms with Gasteiger partial charge in [-0.15, -0.1) is 17.9 Å². The van der Waals surface area contributed by atoms with Crippen molar-refractivity contribution in [3.63, 3.8) is 0 Å². The van der Waals surface area contributed by atoms with Gasteiger partial charge in [0.2, 0.25) is 0 Å². The summed E-state index contributed by atoms with van der Waals surface area (Å²) in [4.78, 5) is 1.75. The molecule has 0 amide bonds. The average Bonchev–Trinajstić information content (AvgIpc) is 0.918. The first-order valence-electron chi connectivity index (χ1n) is 0.424. The van der Waals surface area contributed by atoms with Crippen molar-refractivity contribution in [2.45, 2.75) is 0 Å². The number of hydrogen-bond donors (Lipinski definition) is 1. The second kappa shape index (κ2) is 35.5. The van der Waals surface area contributed by atoms with Crippen LogP contribution in [0.25, 0.3) is 10.4 Å². The van der Waals surface area contributed by atoms with Crippen LogP contribution in [0, 0.1) is 5.53 Å². The van der Waals surface area contributed by atoms with Crippen molar-refractivity contribution in [1.29, 1.82) is 5.53 Å². The van der Waals surface area contributed by atoms with E-state index in [-0.39, 0.29) is 59.3 Å². The van der Waals surface area contributed by atoms with E-state index in [1.807, 2.05) is 0 Å². The standard InChI is InChI=1S/Al.ClH.HN3.Na/c;;1-3-2;/h;1H;1H;/q+3;;;+1. The van der Waals surface area contributed by atoms with Gasteiger partial charge >= 0.3 is 46.9 Å². The number of hydrogen-bond acceptors (Lipinski definition) is 1. The van der Waals surface area contributed by atoms with Gasteiger partial charge in [0.1, 0.15) is 0 Å². The van der Waals surface area contributed by atoms with Gasteiger partial charge < -0.3 is 0 Å². The molecule has 3 nitrogen and oxygen atoms in total. The molecule has 0 saturated heterocycles. The van der Waals surface area contributed by atoms with E-state index >= 15 is 0 Å². The van der Waals surface area contributed by atoms with Gasteiger partial charge in [-0.05, 0) is 10.4 Å². The summed E-state index contributed by atoms with van der Waals surface area (Å²) in [6, 6.07) is 0. The third-order valence-electron chi connectivity index (χ3n) is 0. The SMILES string of the molecule is Cl.[Al+3].[N-]=[N+]=N.[Na+]. The van der Waals surface area contributed by atoms with Crippen LogP contribution >= 0.6 is 12.4 Å². The topological polar surface area (TPSA) is 60.3 Å². The van der Waals surface area contributed by atoms with E-state index in [0.29, 0.717) is 0 Å². The Kier molecular flexibility index (Phi) is 162. The minimum Gasteiger partial charge on any atom is -0.147 e. The molecule has 0 aromatic rings. The van der Waals surface area contributed by atoms with E-state index < -0.39 is 0 Å². The molecule has 0 heterocycles.